The zero-order valence-electron chi connectivity index (χ0n) is 12.2. The predicted octanol–water partition coefficient (Wildman–Crippen LogP) is 4.92. The lowest BCUT2D eigenvalue weighted by atomic mass is 10.1. The van der Waals surface area contributed by atoms with Gasteiger partial charge in [0.1, 0.15) is 0 Å². The van der Waals surface area contributed by atoms with E-state index < -0.39 is 0 Å². The lowest BCUT2D eigenvalue weighted by Gasteiger charge is -2.07. The Morgan fingerprint density at radius 1 is 0.957 bits per heavy atom. The number of rotatable bonds is 3. The summed E-state index contributed by atoms with van der Waals surface area (Å²) in [5.74, 6) is 0. The van der Waals surface area contributed by atoms with Crippen LogP contribution in [-0.2, 0) is 0 Å². The van der Waals surface area contributed by atoms with Gasteiger partial charge in [0.2, 0.25) is 0 Å². The van der Waals surface area contributed by atoms with Gasteiger partial charge in [0, 0.05) is 15.7 Å². The molecule has 0 spiro atoms. The summed E-state index contributed by atoms with van der Waals surface area (Å²) in [5.41, 5.74) is 4.79. The van der Waals surface area contributed by atoms with E-state index in [4.69, 9.17) is 12.2 Å². The van der Waals surface area contributed by atoms with Gasteiger partial charge >= 0.3 is 0 Å². The van der Waals surface area contributed by atoms with Crippen molar-refractivity contribution in [3.8, 4) is 0 Å². The maximum Gasteiger partial charge on any atom is 0.191 e. The largest absolute Gasteiger partial charge is 0.331 e. The molecule has 0 fully saturated rings. The van der Waals surface area contributed by atoms with E-state index in [0.717, 1.165) is 21.1 Å². The molecule has 0 amide bonds. The highest BCUT2D eigenvalue weighted by Gasteiger charge is 1.98. The minimum absolute atomic E-state index is 0.448. The Hall–Kier alpha value is -2.24. The van der Waals surface area contributed by atoms with Crippen molar-refractivity contribution in [3.05, 3.63) is 76.8 Å². The summed E-state index contributed by atoms with van der Waals surface area (Å²) < 4.78 is 1.02. The molecule has 3 rings (SSSR count). The second-order valence-corrected chi connectivity index (χ2v) is 6.22. The molecule has 0 aliphatic carbocycles. The van der Waals surface area contributed by atoms with Gasteiger partial charge in [-0.3, -0.25) is 5.43 Å². The normalized spacial score (nSPS) is 10.8. The third kappa shape index (κ3) is 4.15. The van der Waals surface area contributed by atoms with E-state index >= 15 is 0 Å². The van der Waals surface area contributed by atoms with E-state index in [1.165, 1.54) is 5.39 Å². The molecule has 0 unspecified atom stereocenters. The molecule has 0 radical (unpaired) electrons. The standard InChI is InChI=1S/C18H14BrN3S/c19-15-8-10-16(11-9-15)21-18(23)22-20-12-14-6-3-5-13-4-1-2-7-17(13)14/h1-12H,(H2,21,22,23)/b20-12+. The van der Waals surface area contributed by atoms with Crippen LogP contribution in [0.4, 0.5) is 5.69 Å². The van der Waals surface area contributed by atoms with E-state index in [2.05, 4.69) is 50.0 Å². The Morgan fingerprint density at radius 3 is 2.52 bits per heavy atom. The number of hydrogen-bond acceptors (Lipinski definition) is 2. The van der Waals surface area contributed by atoms with Crippen LogP contribution in [0.25, 0.3) is 10.8 Å². The first-order valence-corrected chi connectivity index (χ1v) is 8.26. The summed E-state index contributed by atoms with van der Waals surface area (Å²) >= 11 is 8.63. The molecule has 0 aliphatic heterocycles. The molecule has 2 N–H and O–H groups in total. The van der Waals surface area contributed by atoms with Gasteiger partial charge in [0.25, 0.3) is 0 Å². The van der Waals surface area contributed by atoms with E-state index in [1.807, 2.05) is 48.5 Å². The van der Waals surface area contributed by atoms with Crippen LogP contribution < -0.4 is 10.7 Å². The molecule has 0 saturated carbocycles. The third-order valence-electron chi connectivity index (χ3n) is 3.30. The summed E-state index contributed by atoms with van der Waals surface area (Å²) in [6.45, 7) is 0. The smallest absolute Gasteiger partial charge is 0.191 e. The maximum atomic E-state index is 5.23. The summed E-state index contributed by atoms with van der Waals surface area (Å²) in [4.78, 5) is 0. The van der Waals surface area contributed by atoms with Gasteiger partial charge in [0.15, 0.2) is 5.11 Å². The number of fused-ring (bicyclic) bond motifs is 1. The molecule has 114 valence electrons. The van der Waals surface area contributed by atoms with Crippen LogP contribution in [0.1, 0.15) is 5.56 Å². The van der Waals surface area contributed by atoms with Crippen LogP contribution in [0.5, 0.6) is 0 Å². The van der Waals surface area contributed by atoms with Crippen molar-refractivity contribution in [2.75, 3.05) is 5.32 Å². The van der Waals surface area contributed by atoms with Gasteiger partial charge in [-0.15, -0.1) is 0 Å². The quantitative estimate of drug-likeness (QED) is 0.382. The van der Waals surface area contributed by atoms with E-state index in [1.54, 1.807) is 6.21 Å². The molecule has 23 heavy (non-hydrogen) atoms. The molecule has 0 aromatic heterocycles. The molecule has 3 aromatic rings. The molecular weight excluding hydrogens is 370 g/mol. The molecule has 0 bridgehead atoms. The molecule has 0 aliphatic rings. The number of hydrazone groups is 1. The topological polar surface area (TPSA) is 36.4 Å². The van der Waals surface area contributed by atoms with E-state index in [9.17, 15) is 0 Å². The van der Waals surface area contributed by atoms with E-state index in [-0.39, 0.29) is 0 Å². The highest BCUT2D eigenvalue weighted by Crippen LogP contribution is 2.17. The lowest BCUT2D eigenvalue weighted by molar-refractivity contribution is 1.05. The summed E-state index contributed by atoms with van der Waals surface area (Å²) in [5, 5.41) is 10.1. The van der Waals surface area contributed by atoms with Crippen molar-refractivity contribution in [3.63, 3.8) is 0 Å². The van der Waals surface area contributed by atoms with Crippen LogP contribution in [-0.4, -0.2) is 11.3 Å². The molecule has 3 nitrogen and oxygen atoms in total. The maximum absolute atomic E-state index is 5.23. The molecular formula is C18H14BrN3S. The number of benzene rings is 3. The van der Waals surface area contributed by atoms with Crippen LogP contribution in [0.2, 0.25) is 0 Å². The van der Waals surface area contributed by atoms with Crippen molar-refractivity contribution < 1.29 is 0 Å². The Labute approximate surface area is 148 Å². The van der Waals surface area contributed by atoms with Crippen molar-refractivity contribution >= 4 is 55.9 Å². The second kappa shape index (κ2) is 7.35. The first-order chi connectivity index (χ1) is 11.2. The Bertz CT molecular complexity index is 854. The first-order valence-electron chi connectivity index (χ1n) is 7.06. The Morgan fingerprint density at radius 2 is 1.70 bits per heavy atom. The van der Waals surface area contributed by atoms with Crippen LogP contribution >= 0.6 is 28.1 Å². The number of nitrogens with one attached hydrogen (secondary N) is 2. The fourth-order valence-corrected chi connectivity index (χ4v) is 2.65. The van der Waals surface area contributed by atoms with Gasteiger partial charge in [-0.1, -0.05) is 58.4 Å². The summed E-state index contributed by atoms with van der Waals surface area (Å²) in [6, 6.07) is 22.1. The lowest BCUT2D eigenvalue weighted by Crippen LogP contribution is -2.23. The average molecular weight is 384 g/mol. The van der Waals surface area contributed by atoms with Crippen LogP contribution in [0, 0.1) is 0 Å². The van der Waals surface area contributed by atoms with E-state index in [0.29, 0.717) is 5.11 Å². The van der Waals surface area contributed by atoms with Crippen molar-refractivity contribution in [1.29, 1.82) is 0 Å². The first kappa shape index (κ1) is 15.6. The Balaban J connectivity index is 1.66. The summed E-state index contributed by atoms with van der Waals surface area (Å²) in [6.07, 6.45) is 1.78. The minimum Gasteiger partial charge on any atom is -0.331 e. The number of hydrogen-bond donors (Lipinski definition) is 2. The minimum atomic E-state index is 0.448. The van der Waals surface area contributed by atoms with Gasteiger partial charge in [0.05, 0.1) is 6.21 Å². The van der Waals surface area contributed by atoms with Crippen LogP contribution in [0.15, 0.2) is 76.3 Å². The van der Waals surface area contributed by atoms with Crippen LogP contribution in [0.3, 0.4) is 0 Å². The number of thiocarbonyl (C=S) groups is 1. The molecule has 3 aromatic carbocycles. The monoisotopic (exact) mass is 383 g/mol. The van der Waals surface area contributed by atoms with Gasteiger partial charge < -0.3 is 5.32 Å². The molecule has 0 heterocycles. The molecule has 0 saturated heterocycles. The SMILES string of the molecule is S=C(N/N=C/c1cccc2ccccc12)Nc1ccc(Br)cc1. The second-order valence-electron chi connectivity index (χ2n) is 4.90. The van der Waals surface area contributed by atoms with Gasteiger partial charge in [-0.05, 0) is 47.3 Å². The highest BCUT2D eigenvalue weighted by atomic mass is 79.9. The zero-order chi connectivity index (χ0) is 16.1. The highest BCUT2D eigenvalue weighted by molar-refractivity contribution is 9.10. The van der Waals surface area contributed by atoms with Gasteiger partial charge in [-0.2, -0.15) is 5.10 Å². The van der Waals surface area contributed by atoms with Crippen molar-refractivity contribution in [2.45, 2.75) is 0 Å². The van der Waals surface area contributed by atoms with Gasteiger partial charge in [-0.25, -0.2) is 0 Å². The summed E-state index contributed by atoms with van der Waals surface area (Å²) in [7, 11) is 0. The molecule has 0 atom stereocenters. The zero-order valence-corrected chi connectivity index (χ0v) is 14.6. The third-order valence-corrected chi connectivity index (χ3v) is 4.02. The van der Waals surface area contributed by atoms with Crippen molar-refractivity contribution in [2.24, 2.45) is 5.10 Å². The fraction of sp³-hybridized carbons (Fsp3) is 0. The predicted molar refractivity (Wildman–Crippen MR) is 105 cm³/mol. The number of anilines is 1. The molecule has 5 heteroatoms. The fourth-order valence-electron chi connectivity index (χ4n) is 2.22. The van der Waals surface area contributed by atoms with Crippen molar-refractivity contribution in [1.82, 2.24) is 5.43 Å². The number of halogens is 1. The Kier molecular flexibility index (Phi) is 5.00. The average Bonchev–Trinajstić information content (AvgIpc) is 2.57. The number of nitrogens with zero attached hydrogens (tertiary/aromatic N) is 1.